The highest BCUT2D eigenvalue weighted by Crippen LogP contribution is 2.20. The van der Waals surface area contributed by atoms with Gasteiger partial charge in [0.25, 0.3) is 0 Å². The van der Waals surface area contributed by atoms with Crippen LogP contribution in [-0.2, 0) is 16.4 Å². The molecule has 3 nitrogen and oxygen atoms in total. The van der Waals surface area contributed by atoms with Crippen molar-refractivity contribution in [1.29, 1.82) is 0 Å². The zero-order valence-corrected chi connectivity index (χ0v) is 13.2. The molecule has 0 saturated heterocycles. The number of sulfonamides is 1. The Morgan fingerprint density at radius 3 is 2.10 bits per heavy atom. The summed E-state index contributed by atoms with van der Waals surface area (Å²) in [6.45, 7) is 4.02. The predicted octanol–water partition coefficient (Wildman–Crippen LogP) is 3.68. The lowest BCUT2D eigenvalue weighted by atomic mass is 10.1. The van der Waals surface area contributed by atoms with Crippen molar-refractivity contribution in [2.24, 2.45) is 0 Å². The van der Waals surface area contributed by atoms with Crippen LogP contribution in [0, 0.1) is 0 Å². The largest absolute Gasteiger partial charge is 0.241 e. The van der Waals surface area contributed by atoms with Crippen molar-refractivity contribution in [1.82, 2.24) is 4.72 Å². The molecule has 0 aliphatic carbocycles. The monoisotopic (exact) mass is 303 g/mol. The number of benzene rings is 2. The molecular weight excluding hydrogens is 282 g/mol. The summed E-state index contributed by atoms with van der Waals surface area (Å²) in [6, 6.07) is 16.5. The normalized spacial score (nSPS) is 13.0. The molecule has 4 heteroatoms. The lowest BCUT2D eigenvalue weighted by molar-refractivity contribution is 0.550. The van der Waals surface area contributed by atoms with E-state index >= 15 is 0 Å². The second-order valence-corrected chi connectivity index (χ2v) is 6.70. The Balaban J connectivity index is 2.22. The van der Waals surface area contributed by atoms with Crippen molar-refractivity contribution in [3.63, 3.8) is 0 Å². The Hall–Kier alpha value is -1.65. The average molecular weight is 303 g/mol. The molecule has 1 N–H and O–H groups in total. The van der Waals surface area contributed by atoms with Crippen LogP contribution >= 0.6 is 0 Å². The Morgan fingerprint density at radius 1 is 0.952 bits per heavy atom. The van der Waals surface area contributed by atoms with Gasteiger partial charge in [-0.3, -0.25) is 0 Å². The van der Waals surface area contributed by atoms with Crippen molar-refractivity contribution < 1.29 is 8.42 Å². The molecule has 0 aromatic heterocycles. The van der Waals surface area contributed by atoms with E-state index in [9.17, 15) is 8.42 Å². The van der Waals surface area contributed by atoms with Crippen LogP contribution in [0.2, 0.25) is 0 Å². The number of hydrogen-bond donors (Lipinski definition) is 1. The second-order valence-electron chi connectivity index (χ2n) is 4.99. The van der Waals surface area contributed by atoms with Crippen LogP contribution in [0.3, 0.4) is 0 Å². The third-order valence-electron chi connectivity index (χ3n) is 3.55. The van der Waals surface area contributed by atoms with Crippen molar-refractivity contribution in [2.75, 3.05) is 0 Å². The lowest BCUT2D eigenvalue weighted by Gasteiger charge is -2.17. The van der Waals surface area contributed by atoms with Gasteiger partial charge in [-0.05, 0) is 36.1 Å². The standard InChI is InChI=1S/C17H21NO2S/c1-3-14-10-12-16(13-11-14)21(19,20)18-17(4-2)15-8-6-5-7-9-15/h5-13,17-18H,3-4H2,1-2H3. The van der Waals surface area contributed by atoms with Crippen LogP contribution in [0.5, 0.6) is 0 Å². The van der Waals surface area contributed by atoms with E-state index in [0.717, 1.165) is 17.5 Å². The summed E-state index contributed by atoms with van der Waals surface area (Å²) in [5, 5.41) is 0. The quantitative estimate of drug-likeness (QED) is 0.885. The first-order valence-corrected chi connectivity index (χ1v) is 8.71. The Bertz CT molecular complexity index is 664. The van der Waals surface area contributed by atoms with Crippen molar-refractivity contribution in [2.45, 2.75) is 37.6 Å². The molecule has 0 radical (unpaired) electrons. The van der Waals surface area contributed by atoms with Crippen LogP contribution in [0.25, 0.3) is 0 Å². The molecule has 0 heterocycles. The SMILES string of the molecule is CCc1ccc(S(=O)(=O)NC(CC)c2ccccc2)cc1. The van der Waals surface area contributed by atoms with Gasteiger partial charge in [-0.1, -0.05) is 56.3 Å². The summed E-state index contributed by atoms with van der Waals surface area (Å²) in [5.41, 5.74) is 2.11. The molecule has 2 aromatic rings. The number of nitrogens with one attached hydrogen (secondary N) is 1. The molecule has 0 aliphatic heterocycles. The van der Waals surface area contributed by atoms with Gasteiger partial charge in [0.2, 0.25) is 10.0 Å². The van der Waals surface area contributed by atoms with E-state index in [1.165, 1.54) is 0 Å². The maximum Gasteiger partial charge on any atom is 0.241 e. The molecule has 0 saturated carbocycles. The van der Waals surface area contributed by atoms with Gasteiger partial charge in [-0.25, -0.2) is 13.1 Å². The van der Waals surface area contributed by atoms with Gasteiger partial charge in [0.15, 0.2) is 0 Å². The zero-order chi connectivity index (χ0) is 15.3. The smallest absolute Gasteiger partial charge is 0.207 e. The van der Waals surface area contributed by atoms with Gasteiger partial charge in [-0.2, -0.15) is 0 Å². The van der Waals surface area contributed by atoms with E-state index < -0.39 is 10.0 Å². The maximum atomic E-state index is 12.5. The molecule has 0 fully saturated rings. The number of aryl methyl sites for hydroxylation is 1. The highest BCUT2D eigenvalue weighted by molar-refractivity contribution is 7.89. The lowest BCUT2D eigenvalue weighted by Crippen LogP contribution is -2.28. The number of rotatable bonds is 6. The summed E-state index contributed by atoms with van der Waals surface area (Å²) in [6.07, 6.45) is 1.60. The maximum absolute atomic E-state index is 12.5. The fourth-order valence-electron chi connectivity index (χ4n) is 2.23. The van der Waals surface area contributed by atoms with Crippen LogP contribution in [0.1, 0.15) is 37.4 Å². The van der Waals surface area contributed by atoms with E-state index in [4.69, 9.17) is 0 Å². The minimum absolute atomic E-state index is 0.206. The molecule has 21 heavy (non-hydrogen) atoms. The fraction of sp³-hybridized carbons (Fsp3) is 0.294. The van der Waals surface area contributed by atoms with Gasteiger partial charge in [0.05, 0.1) is 4.90 Å². The van der Waals surface area contributed by atoms with Gasteiger partial charge >= 0.3 is 0 Å². The van der Waals surface area contributed by atoms with E-state index in [-0.39, 0.29) is 6.04 Å². The molecule has 0 amide bonds. The highest BCUT2D eigenvalue weighted by atomic mass is 32.2. The van der Waals surface area contributed by atoms with E-state index in [0.29, 0.717) is 11.3 Å². The molecule has 0 bridgehead atoms. The van der Waals surface area contributed by atoms with Gasteiger partial charge < -0.3 is 0 Å². The molecule has 2 rings (SSSR count). The third kappa shape index (κ3) is 3.93. The van der Waals surface area contributed by atoms with Crippen LogP contribution in [0.4, 0.5) is 0 Å². The first kappa shape index (κ1) is 15.7. The van der Waals surface area contributed by atoms with Crippen molar-refractivity contribution >= 4 is 10.0 Å². The third-order valence-corrected chi connectivity index (χ3v) is 5.04. The van der Waals surface area contributed by atoms with Crippen molar-refractivity contribution in [3.05, 3.63) is 65.7 Å². The molecule has 0 spiro atoms. The predicted molar refractivity (Wildman–Crippen MR) is 85.6 cm³/mol. The fourth-order valence-corrected chi connectivity index (χ4v) is 3.54. The van der Waals surface area contributed by atoms with Gasteiger partial charge in [0.1, 0.15) is 0 Å². The van der Waals surface area contributed by atoms with Crippen LogP contribution in [0.15, 0.2) is 59.5 Å². The van der Waals surface area contributed by atoms with Gasteiger partial charge in [-0.15, -0.1) is 0 Å². The van der Waals surface area contributed by atoms with Crippen molar-refractivity contribution in [3.8, 4) is 0 Å². The van der Waals surface area contributed by atoms with Gasteiger partial charge in [0, 0.05) is 6.04 Å². The number of hydrogen-bond acceptors (Lipinski definition) is 2. The van der Waals surface area contributed by atoms with Crippen LogP contribution in [-0.4, -0.2) is 8.42 Å². The average Bonchev–Trinajstić information content (AvgIpc) is 2.53. The summed E-state index contributed by atoms with van der Waals surface area (Å²) in [4.78, 5) is 0.314. The molecule has 112 valence electrons. The minimum Gasteiger partial charge on any atom is -0.207 e. The van der Waals surface area contributed by atoms with E-state index in [1.807, 2.05) is 56.3 Å². The molecule has 1 atom stereocenters. The van der Waals surface area contributed by atoms with E-state index in [1.54, 1.807) is 12.1 Å². The highest BCUT2D eigenvalue weighted by Gasteiger charge is 2.19. The summed E-state index contributed by atoms with van der Waals surface area (Å²) in [5.74, 6) is 0. The summed E-state index contributed by atoms with van der Waals surface area (Å²) < 4.78 is 27.7. The molecule has 1 unspecified atom stereocenters. The first-order valence-electron chi connectivity index (χ1n) is 7.23. The minimum atomic E-state index is -3.49. The first-order chi connectivity index (χ1) is 10.1. The molecular formula is C17H21NO2S. The molecule has 2 aromatic carbocycles. The topological polar surface area (TPSA) is 46.2 Å². The second kappa shape index (κ2) is 6.87. The van der Waals surface area contributed by atoms with Crippen LogP contribution < -0.4 is 4.72 Å². The summed E-state index contributed by atoms with van der Waals surface area (Å²) >= 11 is 0. The summed E-state index contributed by atoms with van der Waals surface area (Å²) in [7, 11) is -3.49. The van der Waals surface area contributed by atoms with E-state index in [2.05, 4.69) is 4.72 Å². The Labute approximate surface area is 127 Å². The Morgan fingerprint density at radius 2 is 1.57 bits per heavy atom. The Kier molecular flexibility index (Phi) is 5.15. The zero-order valence-electron chi connectivity index (χ0n) is 12.4. The molecule has 0 aliphatic rings.